The Bertz CT molecular complexity index is 1390. The monoisotopic (exact) mass is 401 g/mol. The van der Waals surface area contributed by atoms with E-state index in [0.717, 1.165) is 37.8 Å². The SMILES string of the molecule is O=c1c2c(-c3ccncc3)csc2ccn1CCc1ccc2cc(F)ccc2n1. The molecule has 0 N–H and O–H groups in total. The van der Waals surface area contributed by atoms with Crippen molar-refractivity contribution in [3.8, 4) is 11.1 Å². The Morgan fingerprint density at radius 1 is 1.03 bits per heavy atom. The quantitative estimate of drug-likeness (QED) is 0.423. The second-order valence-electron chi connectivity index (χ2n) is 6.83. The van der Waals surface area contributed by atoms with E-state index < -0.39 is 0 Å². The molecule has 0 radical (unpaired) electrons. The number of fused-ring (bicyclic) bond motifs is 2. The van der Waals surface area contributed by atoms with Gasteiger partial charge in [0.1, 0.15) is 5.82 Å². The number of rotatable bonds is 4. The second-order valence-corrected chi connectivity index (χ2v) is 7.74. The molecule has 1 aromatic carbocycles. The molecule has 0 aliphatic heterocycles. The van der Waals surface area contributed by atoms with Crippen molar-refractivity contribution < 1.29 is 4.39 Å². The van der Waals surface area contributed by atoms with E-state index in [1.165, 1.54) is 12.1 Å². The number of aromatic nitrogens is 3. The Kier molecular flexibility index (Phi) is 4.41. The van der Waals surface area contributed by atoms with Crippen LogP contribution in [0.2, 0.25) is 0 Å². The molecule has 4 nitrogen and oxygen atoms in total. The maximum Gasteiger partial charge on any atom is 0.259 e. The van der Waals surface area contributed by atoms with Crippen molar-refractivity contribution in [2.75, 3.05) is 0 Å². The van der Waals surface area contributed by atoms with Gasteiger partial charge in [0.2, 0.25) is 0 Å². The Balaban J connectivity index is 1.47. The zero-order valence-corrected chi connectivity index (χ0v) is 16.2. The highest BCUT2D eigenvalue weighted by Gasteiger charge is 2.12. The van der Waals surface area contributed by atoms with Gasteiger partial charge < -0.3 is 4.57 Å². The first-order valence-corrected chi connectivity index (χ1v) is 10.1. The molecule has 5 rings (SSSR count). The average Bonchev–Trinajstić information content (AvgIpc) is 3.19. The van der Waals surface area contributed by atoms with E-state index in [2.05, 4.69) is 9.97 Å². The molecule has 0 unspecified atom stereocenters. The summed E-state index contributed by atoms with van der Waals surface area (Å²) in [6, 6.07) is 14.1. The lowest BCUT2D eigenvalue weighted by Gasteiger charge is -2.08. The van der Waals surface area contributed by atoms with Gasteiger partial charge in [0.05, 0.1) is 10.9 Å². The Morgan fingerprint density at radius 2 is 1.90 bits per heavy atom. The van der Waals surface area contributed by atoms with Gasteiger partial charge in [0.25, 0.3) is 5.56 Å². The summed E-state index contributed by atoms with van der Waals surface area (Å²) in [6.45, 7) is 0.528. The molecule has 0 atom stereocenters. The number of thiophene rings is 1. The van der Waals surface area contributed by atoms with Crippen molar-refractivity contribution in [1.29, 1.82) is 0 Å². The molecule has 29 heavy (non-hydrogen) atoms. The first-order valence-electron chi connectivity index (χ1n) is 9.25. The van der Waals surface area contributed by atoms with E-state index in [9.17, 15) is 9.18 Å². The van der Waals surface area contributed by atoms with Gasteiger partial charge in [-0.25, -0.2) is 4.39 Å². The topological polar surface area (TPSA) is 47.8 Å². The minimum atomic E-state index is -0.271. The van der Waals surface area contributed by atoms with Crippen LogP contribution in [0.15, 0.2) is 77.3 Å². The van der Waals surface area contributed by atoms with Crippen LogP contribution in [0, 0.1) is 5.82 Å². The largest absolute Gasteiger partial charge is 0.315 e. The minimum absolute atomic E-state index is 0.00146. The second kappa shape index (κ2) is 7.22. The predicted octanol–water partition coefficient (Wildman–Crippen LogP) is 5.06. The van der Waals surface area contributed by atoms with Crippen LogP contribution >= 0.6 is 11.3 Å². The van der Waals surface area contributed by atoms with Gasteiger partial charge in [-0.3, -0.25) is 14.8 Å². The molecule has 142 valence electrons. The fraction of sp³-hybridized carbons (Fsp3) is 0.0870. The number of pyridine rings is 3. The zero-order chi connectivity index (χ0) is 19.8. The predicted molar refractivity (Wildman–Crippen MR) is 115 cm³/mol. The third-order valence-electron chi connectivity index (χ3n) is 5.01. The molecular formula is C23H16FN3OS. The number of nitrogens with zero attached hydrogens (tertiary/aromatic N) is 3. The van der Waals surface area contributed by atoms with Crippen LogP contribution in [0.3, 0.4) is 0 Å². The highest BCUT2D eigenvalue weighted by molar-refractivity contribution is 7.17. The normalized spacial score (nSPS) is 11.3. The van der Waals surface area contributed by atoms with Crippen molar-refractivity contribution in [3.63, 3.8) is 0 Å². The van der Waals surface area contributed by atoms with Gasteiger partial charge in [-0.05, 0) is 48.0 Å². The average molecular weight is 401 g/mol. The number of halogens is 1. The lowest BCUT2D eigenvalue weighted by molar-refractivity contribution is 0.629. The first-order chi connectivity index (χ1) is 14.2. The van der Waals surface area contributed by atoms with Gasteiger partial charge in [-0.15, -0.1) is 11.3 Å². The molecule has 5 aromatic rings. The third kappa shape index (κ3) is 3.32. The van der Waals surface area contributed by atoms with Gasteiger partial charge in [0, 0.05) is 58.3 Å². The van der Waals surface area contributed by atoms with Crippen LogP contribution in [-0.4, -0.2) is 14.5 Å². The highest BCUT2D eigenvalue weighted by Crippen LogP contribution is 2.31. The van der Waals surface area contributed by atoms with E-state index in [1.807, 2.05) is 41.9 Å². The number of benzene rings is 1. The molecule has 0 saturated carbocycles. The highest BCUT2D eigenvalue weighted by atomic mass is 32.1. The molecule has 0 amide bonds. The Morgan fingerprint density at radius 3 is 2.76 bits per heavy atom. The summed E-state index contributed by atoms with van der Waals surface area (Å²) in [6.07, 6.45) is 5.93. The number of hydrogen-bond acceptors (Lipinski definition) is 4. The summed E-state index contributed by atoms with van der Waals surface area (Å²) in [7, 11) is 0. The molecule has 0 aliphatic carbocycles. The molecule has 4 heterocycles. The molecule has 0 spiro atoms. The van der Waals surface area contributed by atoms with E-state index >= 15 is 0 Å². The Hall–Kier alpha value is -3.38. The first kappa shape index (κ1) is 17.7. The summed E-state index contributed by atoms with van der Waals surface area (Å²) in [5.41, 5.74) is 3.56. The van der Waals surface area contributed by atoms with Crippen LogP contribution < -0.4 is 5.56 Å². The van der Waals surface area contributed by atoms with E-state index in [4.69, 9.17) is 0 Å². The van der Waals surface area contributed by atoms with Crippen LogP contribution in [0.25, 0.3) is 32.1 Å². The summed E-state index contributed by atoms with van der Waals surface area (Å²) in [5.74, 6) is -0.271. The van der Waals surface area contributed by atoms with Gasteiger partial charge in [-0.1, -0.05) is 6.07 Å². The third-order valence-corrected chi connectivity index (χ3v) is 5.96. The lowest BCUT2D eigenvalue weighted by atomic mass is 10.1. The van der Waals surface area contributed by atoms with Gasteiger partial charge in [0.15, 0.2) is 0 Å². The minimum Gasteiger partial charge on any atom is -0.315 e. The molecule has 0 fully saturated rings. The fourth-order valence-corrected chi connectivity index (χ4v) is 4.47. The Labute approximate surface area is 169 Å². The standard InChI is InChI=1S/C23H16FN3OS/c24-17-2-4-20-16(13-17)1-3-18(26-20)7-11-27-12-8-21-22(23(27)28)19(14-29-21)15-5-9-25-10-6-15/h1-6,8-10,12-14H,7,11H2. The number of aryl methyl sites for hydroxylation is 2. The molecule has 6 heteroatoms. The van der Waals surface area contributed by atoms with Gasteiger partial charge in [-0.2, -0.15) is 0 Å². The summed E-state index contributed by atoms with van der Waals surface area (Å²) in [4.78, 5) is 21.8. The van der Waals surface area contributed by atoms with Crippen molar-refractivity contribution in [1.82, 2.24) is 14.5 Å². The molecule has 4 aromatic heterocycles. The fourth-order valence-electron chi connectivity index (χ4n) is 3.52. The van der Waals surface area contributed by atoms with Crippen molar-refractivity contribution in [2.24, 2.45) is 0 Å². The van der Waals surface area contributed by atoms with Crippen LogP contribution in [0.4, 0.5) is 4.39 Å². The molecule has 0 bridgehead atoms. The van der Waals surface area contributed by atoms with Gasteiger partial charge >= 0.3 is 0 Å². The van der Waals surface area contributed by atoms with Crippen LogP contribution in [0.1, 0.15) is 5.69 Å². The van der Waals surface area contributed by atoms with Crippen LogP contribution in [0.5, 0.6) is 0 Å². The number of hydrogen-bond donors (Lipinski definition) is 0. The van der Waals surface area contributed by atoms with Crippen molar-refractivity contribution in [2.45, 2.75) is 13.0 Å². The summed E-state index contributed by atoms with van der Waals surface area (Å²) < 4.78 is 16.0. The molecule has 0 aliphatic rings. The van der Waals surface area contributed by atoms with Crippen LogP contribution in [-0.2, 0) is 13.0 Å². The summed E-state index contributed by atoms with van der Waals surface area (Å²) >= 11 is 1.57. The molecular weight excluding hydrogens is 385 g/mol. The lowest BCUT2D eigenvalue weighted by Crippen LogP contribution is -2.20. The maximum atomic E-state index is 13.3. The van der Waals surface area contributed by atoms with E-state index in [1.54, 1.807) is 34.4 Å². The smallest absolute Gasteiger partial charge is 0.259 e. The maximum absolute atomic E-state index is 13.3. The van der Waals surface area contributed by atoms with Crippen molar-refractivity contribution >= 4 is 32.3 Å². The molecule has 0 saturated heterocycles. The van der Waals surface area contributed by atoms with E-state index in [-0.39, 0.29) is 11.4 Å². The zero-order valence-electron chi connectivity index (χ0n) is 15.4. The summed E-state index contributed by atoms with van der Waals surface area (Å²) in [5, 5.41) is 3.54. The van der Waals surface area contributed by atoms with E-state index in [0.29, 0.717) is 13.0 Å². The van der Waals surface area contributed by atoms with Crippen molar-refractivity contribution in [3.05, 3.63) is 94.4 Å².